The van der Waals surface area contributed by atoms with Crippen molar-refractivity contribution in [2.24, 2.45) is 0 Å². The average Bonchev–Trinajstić information content (AvgIpc) is 3.27. The molecule has 0 saturated carbocycles. The first-order chi connectivity index (χ1) is 18.9. The van der Waals surface area contributed by atoms with Gasteiger partial charge >= 0.3 is 0 Å². The number of aryl methyl sites for hydroxylation is 2. The van der Waals surface area contributed by atoms with Gasteiger partial charge in [0.15, 0.2) is 5.78 Å². The summed E-state index contributed by atoms with van der Waals surface area (Å²) in [5, 5.41) is 0. The number of ketones is 1. The molecule has 39 heavy (non-hydrogen) atoms. The van der Waals surface area contributed by atoms with Gasteiger partial charge in [-0.2, -0.15) is 0 Å². The summed E-state index contributed by atoms with van der Waals surface area (Å²) in [5.74, 6) is 1.43. The highest BCUT2D eigenvalue weighted by Gasteiger charge is 2.29. The van der Waals surface area contributed by atoms with Crippen molar-refractivity contribution in [3.05, 3.63) is 87.7 Å². The van der Waals surface area contributed by atoms with E-state index in [4.69, 9.17) is 4.74 Å². The summed E-state index contributed by atoms with van der Waals surface area (Å²) >= 11 is 0. The lowest BCUT2D eigenvalue weighted by atomic mass is 9.90. The first kappa shape index (κ1) is 27.2. The van der Waals surface area contributed by atoms with Gasteiger partial charge < -0.3 is 19.5 Å². The number of carbonyl (C=O) groups excluding carboxylic acids is 2. The lowest BCUT2D eigenvalue weighted by Gasteiger charge is -2.27. The van der Waals surface area contributed by atoms with Crippen molar-refractivity contribution >= 4 is 11.7 Å². The van der Waals surface area contributed by atoms with Gasteiger partial charge in [-0.15, -0.1) is 0 Å². The third-order valence-corrected chi connectivity index (χ3v) is 8.32. The van der Waals surface area contributed by atoms with E-state index in [0.717, 1.165) is 67.8 Å². The zero-order chi connectivity index (χ0) is 27.4. The third-order valence-electron chi connectivity index (χ3n) is 8.32. The van der Waals surface area contributed by atoms with Crippen LogP contribution in [-0.2, 0) is 13.0 Å². The number of nitrogens with one attached hydrogen (secondary N) is 1. The van der Waals surface area contributed by atoms with E-state index < -0.39 is 0 Å². The van der Waals surface area contributed by atoms with Gasteiger partial charge in [0.05, 0.1) is 6.54 Å². The van der Waals surface area contributed by atoms with E-state index >= 15 is 0 Å². The maximum atomic E-state index is 13.9. The Morgan fingerprint density at radius 3 is 2.59 bits per heavy atom. The molecule has 1 aliphatic heterocycles. The number of amides is 1. The van der Waals surface area contributed by atoms with E-state index in [1.165, 1.54) is 16.7 Å². The number of nitrogens with zero attached hydrogens (tertiary/aromatic N) is 2. The quantitative estimate of drug-likeness (QED) is 0.439. The number of rotatable bonds is 2. The topological polar surface area (TPSA) is 65.6 Å². The summed E-state index contributed by atoms with van der Waals surface area (Å²) in [5.41, 5.74) is 6.77. The zero-order valence-corrected chi connectivity index (χ0v) is 23.6. The monoisotopic (exact) mass is 527 g/mol. The normalized spacial score (nSPS) is 19.5. The maximum Gasteiger partial charge on any atom is 0.270 e. The van der Waals surface area contributed by atoms with E-state index in [-0.39, 0.29) is 11.7 Å². The molecule has 0 spiro atoms. The Hall–Kier alpha value is -3.38. The smallest absolute Gasteiger partial charge is 0.270 e. The van der Waals surface area contributed by atoms with E-state index in [1.54, 1.807) is 0 Å². The number of hydrogen-bond donors (Lipinski definition) is 1. The Kier molecular flexibility index (Phi) is 8.51. The fraction of sp³-hybridized carbons (Fsp3) is 0.455. The van der Waals surface area contributed by atoms with Gasteiger partial charge in [0.1, 0.15) is 18.1 Å². The molecule has 0 radical (unpaired) electrons. The molecule has 2 heterocycles. The maximum absolute atomic E-state index is 13.9. The summed E-state index contributed by atoms with van der Waals surface area (Å²) in [7, 11) is 2.18. The third kappa shape index (κ3) is 6.27. The highest BCUT2D eigenvalue weighted by Crippen LogP contribution is 2.29. The molecule has 0 fully saturated rings. The second-order valence-electron chi connectivity index (χ2n) is 11.3. The first-order valence-electron chi connectivity index (χ1n) is 14.4. The summed E-state index contributed by atoms with van der Waals surface area (Å²) < 4.78 is 6.29. The number of H-pyrrole nitrogens is 1. The molecule has 1 aliphatic carbocycles. The fourth-order valence-electron chi connectivity index (χ4n) is 6.18. The van der Waals surface area contributed by atoms with Gasteiger partial charge in [-0.25, -0.2) is 0 Å². The molecule has 0 bridgehead atoms. The molecule has 3 aromatic rings. The molecule has 2 aliphatic rings. The van der Waals surface area contributed by atoms with Gasteiger partial charge in [-0.05, 0) is 82.7 Å². The lowest BCUT2D eigenvalue weighted by molar-refractivity contribution is 0.0718. The van der Waals surface area contributed by atoms with Crippen molar-refractivity contribution in [3.8, 4) is 5.75 Å². The van der Waals surface area contributed by atoms with Crippen LogP contribution in [0.25, 0.3) is 0 Å². The Labute approximate surface area is 232 Å². The van der Waals surface area contributed by atoms with Crippen molar-refractivity contribution in [1.82, 2.24) is 14.8 Å². The van der Waals surface area contributed by atoms with E-state index in [2.05, 4.69) is 72.4 Å². The number of benzene rings is 2. The summed E-state index contributed by atoms with van der Waals surface area (Å²) in [4.78, 5) is 34.1. The molecule has 1 unspecified atom stereocenters. The van der Waals surface area contributed by atoms with Crippen molar-refractivity contribution in [2.45, 2.75) is 64.8 Å². The van der Waals surface area contributed by atoms with Crippen molar-refractivity contribution < 1.29 is 14.3 Å². The molecule has 6 nitrogen and oxygen atoms in total. The van der Waals surface area contributed by atoms with Crippen LogP contribution in [-0.4, -0.2) is 59.8 Å². The molecule has 6 heteroatoms. The van der Waals surface area contributed by atoms with Crippen LogP contribution in [0.2, 0.25) is 0 Å². The Morgan fingerprint density at radius 1 is 0.974 bits per heavy atom. The molecule has 1 N–H and O–H groups in total. The first-order valence-corrected chi connectivity index (χ1v) is 14.4. The highest BCUT2D eigenvalue weighted by molar-refractivity contribution is 6.04. The fourth-order valence-corrected chi connectivity index (χ4v) is 6.18. The van der Waals surface area contributed by atoms with E-state index in [0.29, 0.717) is 37.7 Å². The number of ether oxygens (including phenoxy) is 1. The standard InChI is InChI=1S/C33H41N3O3/c1-23-14-15-30-27(21-23)22-35(3)18-16-26(25-9-5-4-6-10-25)11-8-17-36(19-20-39-30)33(38)32-24(2)31-28(34-32)12-7-13-29(31)37/h4-6,9-10,14-15,21,26,34H,7-8,11-13,16-20,22H2,1-3H3. The van der Waals surface area contributed by atoms with Gasteiger partial charge in [0.25, 0.3) is 5.91 Å². The minimum Gasteiger partial charge on any atom is -0.491 e. The van der Waals surface area contributed by atoms with Crippen LogP contribution in [0.15, 0.2) is 48.5 Å². The number of carbonyl (C=O) groups is 2. The Morgan fingerprint density at radius 2 is 1.79 bits per heavy atom. The minimum absolute atomic E-state index is 0.0366. The largest absolute Gasteiger partial charge is 0.491 e. The van der Waals surface area contributed by atoms with Crippen LogP contribution in [0.5, 0.6) is 5.75 Å². The summed E-state index contributed by atoms with van der Waals surface area (Å²) in [6.07, 6.45) is 5.20. The summed E-state index contributed by atoms with van der Waals surface area (Å²) in [6, 6.07) is 17.1. The van der Waals surface area contributed by atoms with Crippen molar-refractivity contribution in [1.29, 1.82) is 0 Å². The summed E-state index contributed by atoms with van der Waals surface area (Å²) in [6.45, 7) is 7.40. The number of Topliss-reactive ketones (excluding diaryl/α,β-unsaturated/α-hetero) is 1. The Balaban J connectivity index is 1.41. The molecule has 5 rings (SSSR count). The van der Waals surface area contributed by atoms with Crippen LogP contribution in [0.3, 0.4) is 0 Å². The van der Waals surface area contributed by atoms with Crippen LogP contribution in [0.1, 0.15) is 86.8 Å². The Bertz CT molecular complexity index is 1310. The van der Waals surface area contributed by atoms with Crippen molar-refractivity contribution in [2.75, 3.05) is 33.3 Å². The molecule has 1 amide bonds. The van der Waals surface area contributed by atoms with Crippen LogP contribution in [0, 0.1) is 13.8 Å². The minimum atomic E-state index is -0.0366. The highest BCUT2D eigenvalue weighted by atomic mass is 16.5. The van der Waals surface area contributed by atoms with Gasteiger partial charge in [-0.1, -0.05) is 48.0 Å². The van der Waals surface area contributed by atoms with Crippen LogP contribution < -0.4 is 4.74 Å². The molecular weight excluding hydrogens is 486 g/mol. The van der Waals surface area contributed by atoms with Gasteiger partial charge in [0.2, 0.25) is 0 Å². The lowest BCUT2D eigenvalue weighted by Crippen LogP contribution is -2.36. The molecule has 2 aromatic carbocycles. The predicted molar refractivity (Wildman–Crippen MR) is 155 cm³/mol. The predicted octanol–water partition coefficient (Wildman–Crippen LogP) is 6.07. The van der Waals surface area contributed by atoms with Crippen molar-refractivity contribution in [3.63, 3.8) is 0 Å². The van der Waals surface area contributed by atoms with Gasteiger partial charge in [0, 0.05) is 36.3 Å². The number of fused-ring (bicyclic) bond motifs is 2. The van der Waals surface area contributed by atoms with Gasteiger partial charge in [-0.3, -0.25) is 9.59 Å². The van der Waals surface area contributed by atoms with E-state index in [9.17, 15) is 9.59 Å². The van der Waals surface area contributed by atoms with E-state index in [1.807, 2.05) is 11.8 Å². The average molecular weight is 528 g/mol. The van der Waals surface area contributed by atoms with Crippen LogP contribution >= 0.6 is 0 Å². The number of aromatic amines is 1. The molecule has 0 saturated heterocycles. The SMILES string of the molecule is Cc1ccc2c(c1)CN(C)CCC(c1ccccc1)CCCN(C(=O)c1[nH]c3c(c1C)C(=O)CCC3)CCO2. The number of aromatic nitrogens is 1. The van der Waals surface area contributed by atoms with Crippen LogP contribution in [0.4, 0.5) is 0 Å². The second-order valence-corrected chi connectivity index (χ2v) is 11.3. The zero-order valence-electron chi connectivity index (χ0n) is 23.6. The second kappa shape index (κ2) is 12.2. The molecular formula is C33H41N3O3. The number of hydrogen-bond acceptors (Lipinski definition) is 4. The molecule has 206 valence electrons. The molecule has 1 aromatic heterocycles. The molecule has 1 atom stereocenters.